The molecule has 0 N–H and O–H groups in total. The summed E-state index contributed by atoms with van der Waals surface area (Å²) in [5.74, 6) is 0.111. The van der Waals surface area contributed by atoms with Crippen molar-refractivity contribution < 1.29 is 4.79 Å². The van der Waals surface area contributed by atoms with Crippen molar-refractivity contribution in [2.45, 2.75) is 11.1 Å². The zero-order valence-electron chi connectivity index (χ0n) is 4.92. The molecule has 0 amide bonds. The Kier molecular flexibility index (Phi) is 1.93. The summed E-state index contributed by atoms with van der Waals surface area (Å²) < 4.78 is 0.889. The lowest BCUT2D eigenvalue weighted by Gasteiger charge is -1.80. The highest BCUT2D eigenvalue weighted by Gasteiger charge is 1.99. The number of thiophene rings is 1. The van der Waals surface area contributed by atoms with Crippen molar-refractivity contribution in [3.8, 4) is 0 Å². The van der Waals surface area contributed by atoms with E-state index in [-0.39, 0.29) is 5.78 Å². The Morgan fingerprint density at radius 3 is 2.56 bits per heavy atom. The SMILES string of the molecule is CC(=O)c1ccc(S)s1. The van der Waals surface area contributed by atoms with Crippen LogP contribution in [0.2, 0.25) is 0 Å². The predicted molar refractivity (Wildman–Crippen MR) is 41.6 cm³/mol. The highest BCUT2D eigenvalue weighted by molar-refractivity contribution is 7.82. The molecule has 0 fully saturated rings. The number of Topliss-reactive ketones (excluding diaryl/α,β-unsaturated/α-hetero) is 1. The van der Waals surface area contributed by atoms with Gasteiger partial charge in [0, 0.05) is 0 Å². The third kappa shape index (κ3) is 1.56. The van der Waals surface area contributed by atoms with E-state index >= 15 is 0 Å². The Morgan fingerprint density at radius 2 is 2.33 bits per heavy atom. The van der Waals surface area contributed by atoms with Crippen molar-refractivity contribution in [2.24, 2.45) is 0 Å². The molecule has 1 aromatic heterocycles. The summed E-state index contributed by atoms with van der Waals surface area (Å²) in [6, 6.07) is 3.61. The van der Waals surface area contributed by atoms with Crippen LogP contribution in [0.15, 0.2) is 16.3 Å². The number of carbonyl (C=O) groups excluding carboxylic acids is 1. The average Bonchev–Trinajstić information content (AvgIpc) is 2.14. The first-order chi connectivity index (χ1) is 4.20. The zero-order valence-corrected chi connectivity index (χ0v) is 6.63. The molecule has 0 aliphatic rings. The first-order valence-electron chi connectivity index (χ1n) is 2.50. The summed E-state index contributed by atoms with van der Waals surface area (Å²) in [5, 5.41) is 0. The second kappa shape index (κ2) is 2.54. The number of hydrogen-bond acceptors (Lipinski definition) is 3. The molecule has 1 heterocycles. The van der Waals surface area contributed by atoms with Gasteiger partial charge in [-0.1, -0.05) is 0 Å². The fourth-order valence-electron chi connectivity index (χ4n) is 0.517. The number of ketones is 1. The van der Waals surface area contributed by atoms with E-state index in [1.165, 1.54) is 11.3 Å². The van der Waals surface area contributed by atoms with Crippen molar-refractivity contribution in [3.05, 3.63) is 17.0 Å². The van der Waals surface area contributed by atoms with Gasteiger partial charge in [0.1, 0.15) is 0 Å². The molecule has 1 aromatic rings. The molecular weight excluding hydrogens is 152 g/mol. The fourth-order valence-corrected chi connectivity index (χ4v) is 1.53. The molecule has 1 rings (SSSR count). The smallest absolute Gasteiger partial charge is 0.169 e. The fraction of sp³-hybridized carbons (Fsp3) is 0.167. The van der Waals surface area contributed by atoms with Gasteiger partial charge < -0.3 is 0 Å². The first-order valence-corrected chi connectivity index (χ1v) is 3.76. The molecule has 0 unspecified atom stereocenters. The van der Waals surface area contributed by atoms with Crippen LogP contribution in [-0.4, -0.2) is 5.78 Å². The molecule has 0 aromatic carbocycles. The Labute approximate surface area is 63.1 Å². The van der Waals surface area contributed by atoms with Gasteiger partial charge in [0.25, 0.3) is 0 Å². The highest BCUT2D eigenvalue weighted by Crippen LogP contribution is 2.19. The Morgan fingerprint density at radius 1 is 1.67 bits per heavy atom. The van der Waals surface area contributed by atoms with Crippen LogP contribution < -0.4 is 0 Å². The summed E-state index contributed by atoms with van der Waals surface area (Å²) in [5.41, 5.74) is 0. The molecule has 0 saturated carbocycles. The van der Waals surface area contributed by atoms with Gasteiger partial charge >= 0.3 is 0 Å². The van der Waals surface area contributed by atoms with Crippen molar-refractivity contribution in [1.29, 1.82) is 0 Å². The van der Waals surface area contributed by atoms with E-state index < -0.39 is 0 Å². The third-order valence-electron chi connectivity index (χ3n) is 0.939. The van der Waals surface area contributed by atoms with Gasteiger partial charge in [-0.15, -0.1) is 24.0 Å². The van der Waals surface area contributed by atoms with E-state index in [2.05, 4.69) is 12.6 Å². The number of hydrogen-bond donors (Lipinski definition) is 1. The minimum Gasteiger partial charge on any atom is -0.294 e. The summed E-state index contributed by atoms with van der Waals surface area (Å²) >= 11 is 5.48. The predicted octanol–water partition coefficient (Wildman–Crippen LogP) is 2.24. The van der Waals surface area contributed by atoms with Gasteiger partial charge in [-0.2, -0.15) is 0 Å². The standard InChI is InChI=1S/C6H6OS2/c1-4(7)5-2-3-6(8)9-5/h2-3,8H,1H3. The van der Waals surface area contributed by atoms with Crippen LogP contribution in [0.1, 0.15) is 16.6 Å². The Hall–Kier alpha value is -0.280. The maximum atomic E-state index is 10.6. The van der Waals surface area contributed by atoms with Crippen molar-refractivity contribution in [2.75, 3.05) is 0 Å². The summed E-state index contributed by atoms with van der Waals surface area (Å²) in [7, 11) is 0. The molecule has 0 bridgehead atoms. The van der Waals surface area contributed by atoms with Gasteiger partial charge in [0.05, 0.1) is 9.09 Å². The van der Waals surface area contributed by atoms with Gasteiger partial charge in [0.2, 0.25) is 0 Å². The van der Waals surface area contributed by atoms with Crippen LogP contribution in [0.5, 0.6) is 0 Å². The maximum absolute atomic E-state index is 10.6. The van der Waals surface area contributed by atoms with Crippen LogP contribution in [0.3, 0.4) is 0 Å². The summed E-state index contributed by atoms with van der Waals surface area (Å²) in [6.45, 7) is 1.55. The average molecular weight is 158 g/mol. The lowest BCUT2D eigenvalue weighted by molar-refractivity contribution is 0.102. The minimum atomic E-state index is 0.111. The van der Waals surface area contributed by atoms with Gasteiger partial charge in [-0.25, -0.2) is 0 Å². The van der Waals surface area contributed by atoms with Crippen LogP contribution in [0.25, 0.3) is 0 Å². The molecule has 0 radical (unpaired) electrons. The molecule has 1 nitrogen and oxygen atoms in total. The highest BCUT2D eigenvalue weighted by atomic mass is 32.2. The van der Waals surface area contributed by atoms with Gasteiger partial charge in [-0.05, 0) is 19.1 Å². The monoisotopic (exact) mass is 158 g/mol. The lowest BCUT2D eigenvalue weighted by atomic mass is 10.4. The molecule has 0 aliphatic carbocycles. The van der Waals surface area contributed by atoms with Gasteiger partial charge in [-0.3, -0.25) is 4.79 Å². The van der Waals surface area contributed by atoms with Crippen LogP contribution >= 0.6 is 24.0 Å². The second-order valence-corrected chi connectivity index (χ2v) is 3.56. The van der Waals surface area contributed by atoms with E-state index in [1.54, 1.807) is 13.0 Å². The van der Waals surface area contributed by atoms with E-state index in [1.807, 2.05) is 6.07 Å². The lowest BCUT2D eigenvalue weighted by Crippen LogP contribution is -1.83. The molecule has 0 saturated heterocycles. The van der Waals surface area contributed by atoms with Crippen molar-refractivity contribution in [1.82, 2.24) is 0 Å². The van der Waals surface area contributed by atoms with Crippen molar-refractivity contribution in [3.63, 3.8) is 0 Å². The van der Waals surface area contributed by atoms with Crippen LogP contribution in [0.4, 0.5) is 0 Å². The first kappa shape index (κ1) is 6.83. The normalized spacial score (nSPS) is 9.56. The van der Waals surface area contributed by atoms with Gasteiger partial charge in [0.15, 0.2) is 5.78 Å². The number of carbonyl (C=O) groups is 1. The summed E-state index contributed by atoms with van der Waals surface area (Å²) in [4.78, 5) is 11.4. The Bertz CT molecular complexity index is 227. The van der Waals surface area contributed by atoms with Crippen LogP contribution in [-0.2, 0) is 0 Å². The van der Waals surface area contributed by atoms with E-state index in [0.717, 1.165) is 9.09 Å². The molecule has 0 atom stereocenters. The van der Waals surface area contributed by atoms with E-state index in [4.69, 9.17) is 0 Å². The molecule has 9 heavy (non-hydrogen) atoms. The Balaban J connectivity index is 2.98. The topological polar surface area (TPSA) is 17.1 Å². The summed E-state index contributed by atoms with van der Waals surface area (Å²) in [6.07, 6.45) is 0. The van der Waals surface area contributed by atoms with Crippen LogP contribution in [0, 0.1) is 0 Å². The van der Waals surface area contributed by atoms with Crippen molar-refractivity contribution >= 4 is 29.7 Å². The maximum Gasteiger partial charge on any atom is 0.169 e. The largest absolute Gasteiger partial charge is 0.294 e. The molecule has 0 aliphatic heterocycles. The third-order valence-corrected chi connectivity index (χ3v) is 2.35. The number of thiol groups is 1. The number of rotatable bonds is 1. The zero-order chi connectivity index (χ0) is 6.85. The second-order valence-electron chi connectivity index (χ2n) is 1.69. The molecule has 48 valence electrons. The molecular formula is C6H6OS2. The van der Waals surface area contributed by atoms with E-state index in [0.29, 0.717) is 0 Å². The minimum absolute atomic E-state index is 0.111. The van der Waals surface area contributed by atoms with E-state index in [9.17, 15) is 4.79 Å². The molecule has 0 spiro atoms. The quantitative estimate of drug-likeness (QED) is 0.490. The molecule has 3 heteroatoms.